The third kappa shape index (κ3) is 1.70. The third-order valence-electron chi connectivity index (χ3n) is 0.919. The zero-order valence-corrected chi connectivity index (χ0v) is 7.30. The molecule has 0 bridgehead atoms. The molecule has 0 aromatic carbocycles. The SMILES string of the molecule is O=S(=O)(O)c1c(F)csc1Cl. The van der Waals surface area contributed by atoms with E-state index in [0.717, 1.165) is 5.38 Å². The molecule has 0 amide bonds. The van der Waals surface area contributed by atoms with E-state index in [0.29, 0.717) is 11.3 Å². The summed E-state index contributed by atoms with van der Waals surface area (Å²) in [7, 11) is -4.52. The zero-order chi connectivity index (χ0) is 8.65. The van der Waals surface area contributed by atoms with Gasteiger partial charge in [0, 0.05) is 5.38 Å². The Morgan fingerprint density at radius 3 is 2.36 bits per heavy atom. The Kier molecular flexibility index (Phi) is 2.19. The predicted octanol–water partition coefficient (Wildman–Crippen LogP) is 1.79. The van der Waals surface area contributed by atoms with Gasteiger partial charge in [-0.3, -0.25) is 4.55 Å². The van der Waals surface area contributed by atoms with Crippen LogP contribution in [0, 0.1) is 5.82 Å². The Hall–Kier alpha value is -0.170. The molecule has 0 unspecified atom stereocenters. The van der Waals surface area contributed by atoms with Gasteiger partial charge in [-0.2, -0.15) is 8.42 Å². The first-order valence-electron chi connectivity index (χ1n) is 2.33. The van der Waals surface area contributed by atoms with Gasteiger partial charge in [-0.1, -0.05) is 11.6 Å². The van der Waals surface area contributed by atoms with Crippen LogP contribution in [-0.2, 0) is 10.1 Å². The molecule has 0 aliphatic heterocycles. The van der Waals surface area contributed by atoms with Crippen molar-refractivity contribution in [3.8, 4) is 0 Å². The molecule has 0 radical (unpaired) electrons. The molecule has 0 aliphatic rings. The van der Waals surface area contributed by atoms with Crippen LogP contribution in [0.2, 0.25) is 4.34 Å². The second-order valence-electron chi connectivity index (χ2n) is 1.66. The van der Waals surface area contributed by atoms with Crippen molar-refractivity contribution in [3.05, 3.63) is 15.5 Å². The van der Waals surface area contributed by atoms with E-state index in [1.54, 1.807) is 0 Å². The second kappa shape index (κ2) is 2.71. The third-order valence-corrected chi connectivity index (χ3v) is 3.27. The molecular weight excluding hydrogens is 215 g/mol. The quantitative estimate of drug-likeness (QED) is 0.729. The number of hydrogen-bond donors (Lipinski definition) is 1. The van der Waals surface area contributed by atoms with Crippen molar-refractivity contribution < 1.29 is 17.4 Å². The predicted molar refractivity (Wildman–Crippen MR) is 39.1 cm³/mol. The van der Waals surface area contributed by atoms with Crippen LogP contribution in [0.15, 0.2) is 10.3 Å². The maximum atomic E-state index is 12.5. The lowest BCUT2D eigenvalue weighted by Gasteiger charge is -1.91. The monoisotopic (exact) mass is 216 g/mol. The van der Waals surface area contributed by atoms with Crippen LogP contribution in [0.3, 0.4) is 0 Å². The topological polar surface area (TPSA) is 54.4 Å². The Labute approximate surface area is 71.2 Å². The number of halogens is 2. The minimum Gasteiger partial charge on any atom is -0.282 e. The van der Waals surface area contributed by atoms with Crippen molar-refractivity contribution in [2.24, 2.45) is 0 Å². The molecule has 1 rings (SSSR count). The van der Waals surface area contributed by atoms with Gasteiger partial charge in [-0.15, -0.1) is 11.3 Å². The van der Waals surface area contributed by atoms with Gasteiger partial charge >= 0.3 is 0 Å². The summed E-state index contributed by atoms with van der Waals surface area (Å²) >= 11 is 5.98. The molecule has 7 heteroatoms. The molecule has 1 aromatic heterocycles. The Balaban J connectivity index is 3.45. The summed E-state index contributed by atoms with van der Waals surface area (Å²) in [5.74, 6) is -1.03. The summed E-state index contributed by atoms with van der Waals surface area (Å²) in [6.07, 6.45) is 0. The maximum Gasteiger partial charge on any atom is 0.299 e. The first kappa shape index (κ1) is 8.92. The van der Waals surface area contributed by atoms with Gasteiger partial charge in [0.15, 0.2) is 10.7 Å². The summed E-state index contributed by atoms with van der Waals surface area (Å²) in [6, 6.07) is 0. The number of thiophene rings is 1. The molecule has 0 saturated carbocycles. The minimum atomic E-state index is -4.52. The lowest BCUT2D eigenvalue weighted by atomic mass is 10.6. The van der Waals surface area contributed by atoms with Gasteiger partial charge in [0.25, 0.3) is 10.1 Å². The van der Waals surface area contributed by atoms with E-state index in [1.165, 1.54) is 0 Å². The first-order valence-corrected chi connectivity index (χ1v) is 5.02. The Bertz CT molecular complexity index is 349. The van der Waals surface area contributed by atoms with Crippen molar-refractivity contribution in [2.75, 3.05) is 0 Å². The van der Waals surface area contributed by atoms with E-state index in [-0.39, 0.29) is 4.34 Å². The molecule has 3 nitrogen and oxygen atoms in total. The standard InChI is InChI=1S/C4H2ClFO3S2/c5-4-3(11(7,8)9)2(6)1-10-4/h1H,(H,7,8,9). The summed E-state index contributed by atoms with van der Waals surface area (Å²) in [6.45, 7) is 0. The molecular formula is C4H2ClFO3S2. The van der Waals surface area contributed by atoms with Crippen molar-refractivity contribution in [2.45, 2.75) is 4.90 Å². The molecule has 1 N–H and O–H groups in total. The van der Waals surface area contributed by atoms with Crippen LogP contribution in [0.25, 0.3) is 0 Å². The highest BCUT2D eigenvalue weighted by molar-refractivity contribution is 7.86. The average molecular weight is 217 g/mol. The van der Waals surface area contributed by atoms with Gasteiger partial charge in [0.2, 0.25) is 0 Å². The first-order chi connectivity index (χ1) is 4.93. The average Bonchev–Trinajstić information content (AvgIpc) is 2.08. The summed E-state index contributed by atoms with van der Waals surface area (Å²) in [5, 5.41) is 0.908. The lowest BCUT2D eigenvalue weighted by Crippen LogP contribution is -1.98. The molecule has 0 saturated heterocycles. The fraction of sp³-hybridized carbons (Fsp3) is 0. The summed E-state index contributed by atoms with van der Waals surface area (Å²) < 4.78 is 41.4. The van der Waals surface area contributed by atoms with E-state index in [4.69, 9.17) is 16.2 Å². The minimum absolute atomic E-state index is 0.273. The molecule has 62 valence electrons. The molecule has 1 aromatic rings. The van der Waals surface area contributed by atoms with Crippen molar-refractivity contribution in [3.63, 3.8) is 0 Å². The van der Waals surface area contributed by atoms with Crippen LogP contribution >= 0.6 is 22.9 Å². The zero-order valence-electron chi connectivity index (χ0n) is 4.91. The second-order valence-corrected chi connectivity index (χ2v) is 4.50. The van der Waals surface area contributed by atoms with Crippen LogP contribution < -0.4 is 0 Å². The highest BCUT2D eigenvalue weighted by atomic mass is 35.5. The maximum absolute atomic E-state index is 12.5. The van der Waals surface area contributed by atoms with E-state index >= 15 is 0 Å². The molecule has 0 aliphatic carbocycles. The molecule has 0 fully saturated rings. The van der Waals surface area contributed by atoms with Crippen LogP contribution in [0.4, 0.5) is 4.39 Å². The van der Waals surface area contributed by atoms with Gasteiger partial charge in [-0.25, -0.2) is 4.39 Å². The van der Waals surface area contributed by atoms with Crippen LogP contribution in [0.5, 0.6) is 0 Å². The largest absolute Gasteiger partial charge is 0.299 e. The van der Waals surface area contributed by atoms with E-state index < -0.39 is 20.8 Å². The van der Waals surface area contributed by atoms with Gasteiger partial charge in [0.05, 0.1) is 0 Å². The smallest absolute Gasteiger partial charge is 0.282 e. The van der Waals surface area contributed by atoms with Gasteiger partial charge in [0.1, 0.15) is 4.34 Å². The van der Waals surface area contributed by atoms with Crippen molar-refractivity contribution in [1.29, 1.82) is 0 Å². The highest BCUT2D eigenvalue weighted by Crippen LogP contribution is 2.30. The molecule has 11 heavy (non-hydrogen) atoms. The van der Waals surface area contributed by atoms with E-state index in [2.05, 4.69) is 0 Å². The highest BCUT2D eigenvalue weighted by Gasteiger charge is 2.21. The van der Waals surface area contributed by atoms with E-state index in [1.807, 2.05) is 0 Å². The van der Waals surface area contributed by atoms with Crippen molar-refractivity contribution in [1.82, 2.24) is 0 Å². The Morgan fingerprint density at radius 2 is 2.18 bits per heavy atom. The molecule has 1 heterocycles. The van der Waals surface area contributed by atoms with Crippen LogP contribution in [0.1, 0.15) is 0 Å². The molecule has 0 spiro atoms. The van der Waals surface area contributed by atoms with Gasteiger partial charge < -0.3 is 0 Å². The fourth-order valence-corrected chi connectivity index (χ4v) is 2.62. The van der Waals surface area contributed by atoms with Crippen molar-refractivity contribution >= 4 is 33.1 Å². The van der Waals surface area contributed by atoms with E-state index in [9.17, 15) is 12.8 Å². The summed E-state index contributed by atoms with van der Waals surface area (Å²) in [4.78, 5) is -0.843. The number of rotatable bonds is 1. The lowest BCUT2D eigenvalue weighted by molar-refractivity contribution is 0.475. The number of hydrogen-bond acceptors (Lipinski definition) is 3. The summed E-state index contributed by atoms with van der Waals surface area (Å²) in [5.41, 5.74) is 0. The Morgan fingerprint density at radius 1 is 1.64 bits per heavy atom. The normalized spacial score (nSPS) is 11.9. The fourth-order valence-electron chi connectivity index (χ4n) is 0.529. The van der Waals surface area contributed by atoms with Crippen LogP contribution in [-0.4, -0.2) is 13.0 Å². The van der Waals surface area contributed by atoms with Gasteiger partial charge in [-0.05, 0) is 0 Å². The molecule has 0 atom stereocenters.